The lowest BCUT2D eigenvalue weighted by molar-refractivity contribution is -0.385. The minimum atomic E-state index is -0.550. The van der Waals surface area contributed by atoms with Gasteiger partial charge in [-0.1, -0.05) is 6.07 Å². The van der Waals surface area contributed by atoms with Gasteiger partial charge in [-0.2, -0.15) is 9.97 Å². The molecule has 10 nitrogen and oxygen atoms in total. The molecule has 0 aliphatic carbocycles. The van der Waals surface area contributed by atoms with Crippen molar-refractivity contribution in [3.05, 3.63) is 45.4 Å². The number of methoxy groups -OCH3 is 1. The molecule has 10 heteroatoms. The van der Waals surface area contributed by atoms with Gasteiger partial charge in [0.25, 0.3) is 0 Å². The number of aromatic nitrogens is 3. The van der Waals surface area contributed by atoms with Crippen LogP contribution < -0.4 is 10.1 Å². The van der Waals surface area contributed by atoms with E-state index in [1.165, 1.54) is 26.3 Å². The van der Waals surface area contributed by atoms with Crippen LogP contribution in [0.1, 0.15) is 28.7 Å². The van der Waals surface area contributed by atoms with Crippen LogP contribution in [0.4, 0.5) is 11.5 Å². The number of ether oxygens (including phenoxy) is 2. The average molecular weight is 347 g/mol. The molecule has 2 aromatic rings. The van der Waals surface area contributed by atoms with E-state index in [4.69, 9.17) is 4.74 Å². The molecule has 25 heavy (non-hydrogen) atoms. The molecule has 0 saturated heterocycles. The molecule has 2 rings (SSSR count). The van der Waals surface area contributed by atoms with Gasteiger partial charge in [0.05, 0.1) is 18.6 Å². The third-order valence-corrected chi connectivity index (χ3v) is 3.17. The van der Waals surface area contributed by atoms with Crippen molar-refractivity contribution in [3.8, 4) is 6.01 Å². The minimum absolute atomic E-state index is 0.0537. The van der Waals surface area contributed by atoms with Crippen molar-refractivity contribution in [2.24, 2.45) is 0 Å². The first-order valence-corrected chi connectivity index (χ1v) is 7.39. The molecule has 0 amide bonds. The number of pyridine rings is 1. The van der Waals surface area contributed by atoms with Gasteiger partial charge in [-0.25, -0.2) is 9.78 Å². The molecule has 0 fully saturated rings. The molecule has 132 valence electrons. The second kappa shape index (κ2) is 7.99. The quantitative estimate of drug-likeness (QED) is 0.453. The topological polar surface area (TPSA) is 129 Å². The lowest BCUT2D eigenvalue weighted by Crippen LogP contribution is -2.10. The molecule has 0 aromatic carbocycles. The number of anilines is 1. The van der Waals surface area contributed by atoms with Gasteiger partial charge in [0.2, 0.25) is 5.82 Å². The second-order valence-corrected chi connectivity index (χ2v) is 4.88. The van der Waals surface area contributed by atoms with Crippen LogP contribution in [-0.4, -0.2) is 39.6 Å². The summed E-state index contributed by atoms with van der Waals surface area (Å²) in [5, 5.41) is 14.1. The zero-order valence-electron chi connectivity index (χ0n) is 14.0. The monoisotopic (exact) mass is 347 g/mol. The molecular formula is C15H17N5O5. The van der Waals surface area contributed by atoms with Crippen LogP contribution in [0.5, 0.6) is 6.01 Å². The summed E-state index contributed by atoms with van der Waals surface area (Å²) in [5.41, 5.74) is 0.859. The van der Waals surface area contributed by atoms with Gasteiger partial charge in [0, 0.05) is 12.7 Å². The summed E-state index contributed by atoms with van der Waals surface area (Å²) in [7, 11) is 1.27. The molecule has 0 unspecified atom stereocenters. The van der Waals surface area contributed by atoms with Crippen molar-refractivity contribution >= 4 is 17.5 Å². The second-order valence-electron chi connectivity index (χ2n) is 4.88. The highest BCUT2D eigenvalue weighted by molar-refractivity contribution is 5.86. The normalized spacial score (nSPS) is 10.2. The molecule has 1 N–H and O–H groups in total. The maximum absolute atomic E-state index is 11.4. The van der Waals surface area contributed by atoms with E-state index >= 15 is 0 Å². The lowest BCUT2D eigenvalue weighted by Gasteiger charge is -2.10. The minimum Gasteiger partial charge on any atom is -0.464 e. The van der Waals surface area contributed by atoms with Gasteiger partial charge in [0.1, 0.15) is 11.4 Å². The van der Waals surface area contributed by atoms with Crippen LogP contribution >= 0.6 is 0 Å². The number of rotatable bonds is 7. The number of esters is 1. The van der Waals surface area contributed by atoms with Crippen LogP contribution in [0.2, 0.25) is 0 Å². The number of carbonyl (C=O) groups is 1. The van der Waals surface area contributed by atoms with Crippen molar-refractivity contribution in [2.75, 3.05) is 19.0 Å². The van der Waals surface area contributed by atoms with Crippen LogP contribution in [0.15, 0.2) is 18.3 Å². The SMILES string of the molecule is CCOc1nc(C)c([N+](=O)[O-])c(NCc2ccc(C(=O)OC)nc2)n1. The smallest absolute Gasteiger partial charge is 0.356 e. The zero-order chi connectivity index (χ0) is 18.4. The van der Waals surface area contributed by atoms with Crippen LogP contribution in [0.25, 0.3) is 0 Å². The summed E-state index contributed by atoms with van der Waals surface area (Å²) in [6.45, 7) is 3.84. The average Bonchev–Trinajstić information content (AvgIpc) is 2.59. The Balaban J connectivity index is 2.21. The van der Waals surface area contributed by atoms with Gasteiger partial charge in [0.15, 0.2) is 0 Å². The number of carbonyl (C=O) groups excluding carboxylic acids is 1. The van der Waals surface area contributed by atoms with Gasteiger partial charge in [-0.3, -0.25) is 10.1 Å². The van der Waals surface area contributed by atoms with Crippen LogP contribution in [0.3, 0.4) is 0 Å². The van der Waals surface area contributed by atoms with E-state index in [9.17, 15) is 14.9 Å². The molecule has 0 aliphatic rings. The molecule has 0 aliphatic heterocycles. The Morgan fingerprint density at radius 2 is 2.12 bits per heavy atom. The Hall–Kier alpha value is -3.30. The predicted molar refractivity (Wildman–Crippen MR) is 87.5 cm³/mol. The Morgan fingerprint density at radius 3 is 2.68 bits per heavy atom. The fraction of sp³-hybridized carbons (Fsp3) is 0.333. The highest BCUT2D eigenvalue weighted by Crippen LogP contribution is 2.27. The van der Waals surface area contributed by atoms with Crippen LogP contribution in [-0.2, 0) is 11.3 Å². The maximum atomic E-state index is 11.4. The van der Waals surface area contributed by atoms with E-state index in [0.29, 0.717) is 12.2 Å². The predicted octanol–water partition coefficient (Wildman–Crippen LogP) is 1.89. The zero-order valence-corrected chi connectivity index (χ0v) is 14.0. The summed E-state index contributed by atoms with van der Waals surface area (Å²) < 4.78 is 9.79. The van der Waals surface area contributed by atoms with E-state index in [2.05, 4.69) is 25.0 Å². The molecule has 0 bridgehead atoms. The Morgan fingerprint density at radius 1 is 1.36 bits per heavy atom. The molecule has 2 heterocycles. The highest BCUT2D eigenvalue weighted by Gasteiger charge is 2.22. The van der Waals surface area contributed by atoms with Gasteiger partial charge < -0.3 is 14.8 Å². The standard InChI is InChI=1S/C15H17N5O5/c1-4-25-15-18-9(2)12(20(22)23)13(19-15)17-8-10-5-6-11(16-7-10)14(21)24-3/h5-7H,4,8H2,1-3H3,(H,17,18,19). The third kappa shape index (κ3) is 4.37. The van der Waals surface area contributed by atoms with E-state index in [-0.39, 0.29) is 35.4 Å². The Kier molecular flexibility index (Phi) is 5.77. The van der Waals surface area contributed by atoms with Crippen LogP contribution in [0, 0.1) is 17.0 Å². The molecule has 0 radical (unpaired) electrons. The van der Waals surface area contributed by atoms with Crippen molar-refractivity contribution in [1.82, 2.24) is 15.0 Å². The molecule has 2 aromatic heterocycles. The number of nitro groups is 1. The molecule has 0 spiro atoms. The fourth-order valence-corrected chi connectivity index (χ4v) is 2.02. The van der Waals surface area contributed by atoms with E-state index in [0.717, 1.165) is 0 Å². The molecule has 0 atom stereocenters. The maximum Gasteiger partial charge on any atom is 0.356 e. The number of aryl methyl sites for hydroxylation is 1. The summed E-state index contributed by atoms with van der Waals surface area (Å²) in [6.07, 6.45) is 1.47. The van der Waals surface area contributed by atoms with Crippen molar-refractivity contribution < 1.29 is 19.2 Å². The van der Waals surface area contributed by atoms with Gasteiger partial charge in [-0.15, -0.1) is 0 Å². The van der Waals surface area contributed by atoms with E-state index < -0.39 is 10.9 Å². The summed E-state index contributed by atoms with van der Waals surface area (Å²) in [5.74, 6) is -0.485. The summed E-state index contributed by atoms with van der Waals surface area (Å²) in [6, 6.07) is 3.23. The summed E-state index contributed by atoms with van der Waals surface area (Å²) >= 11 is 0. The van der Waals surface area contributed by atoms with E-state index in [1.54, 1.807) is 13.0 Å². The van der Waals surface area contributed by atoms with Crippen molar-refractivity contribution in [2.45, 2.75) is 20.4 Å². The first-order valence-electron chi connectivity index (χ1n) is 7.39. The van der Waals surface area contributed by atoms with Gasteiger partial charge >= 0.3 is 17.7 Å². The summed E-state index contributed by atoms with van der Waals surface area (Å²) in [4.78, 5) is 34.0. The highest BCUT2D eigenvalue weighted by atomic mass is 16.6. The lowest BCUT2D eigenvalue weighted by atomic mass is 10.2. The molecule has 0 saturated carbocycles. The largest absolute Gasteiger partial charge is 0.464 e. The number of hydrogen-bond donors (Lipinski definition) is 1. The van der Waals surface area contributed by atoms with E-state index in [1.807, 2.05) is 0 Å². The Bertz CT molecular complexity index is 779. The fourth-order valence-electron chi connectivity index (χ4n) is 2.02. The first-order chi connectivity index (χ1) is 12.0. The number of nitrogens with zero attached hydrogens (tertiary/aromatic N) is 4. The van der Waals surface area contributed by atoms with Crippen molar-refractivity contribution in [3.63, 3.8) is 0 Å². The number of hydrogen-bond acceptors (Lipinski definition) is 9. The Labute approximate surface area is 143 Å². The van der Waals surface area contributed by atoms with Gasteiger partial charge in [-0.05, 0) is 25.5 Å². The third-order valence-electron chi connectivity index (χ3n) is 3.17. The first kappa shape index (κ1) is 18.0. The number of nitrogens with one attached hydrogen (secondary N) is 1. The van der Waals surface area contributed by atoms with Crippen molar-refractivity contribution in [1.29, 1.82) is 0 Å². The molecular weight excluding hydrogens is 330 g/mol.